The van der Waals surface area contributed by atoms with Crippen molar-refractivity contribution in [3.8, 4) is 0 Å². The molecule has 3 heterocycles. The molecule has 2 N–H and O–H groups in total. The van der Waals surface area contributed by atoms with Gasteiger partial charge in [-0.15, -0.1) is 0 Å². The van der Waals surface area contributed by atoms with E-state index in [-0.39, 0.29) is 37.6 Å². The van der Waals surface area contributed by atoms with E-state index in [4.69, 9.17) is 14.5 Å². The van der Waals surface area contributed by atoms with Crippen molar-refractivity contribution in [1.29, 1.82) is 0 Å². The first-order valence-electron chi connectivity index (χ1n) is 8.86. The molecule has 2 saturated heterocycles. The number of morpholine rings is 2. The molecule has 3 rings (SSSR count). The molecule has 2 fully saturated rings. The quantitative estimate of drug-likeness (QED) is 0.780. The topological polar surface area (TPSA) is 91.2 Å². The molecular weight excluding hydrogens is 324 g/mol. The van der Waals surface area contributed by atoms with Crippen LogP contribution >= 0.6 is 0 Å². The van der Waals surface area contributed by atoms with Gasteiger partial charge in [0, 0.05) is 37.9 Å². The minimum absolute atomic E-state index is 0.00299. The number of aliphatic hydroxyl groups excluding tert-OH is 2. The summed E-state index contributed by atoms with van der Waals surface area (Å²) in [5.41, 5.74) is 0.995. The largest absolute Gasteiger partial charge is 0.394 e. The fourth-order valence-corrected chi connectivity index (χ4v) is 3.52. The number of rotatable bonds is 4. The van der Waals surface area contributed by atoms with Gasteiger partial charge in [-0.1, -0.05) is 0 Å². The van der Waals surface area contributed by atoms with Gasteiger partial charge in [0.05, 0.1) is 37.6 Å². The Bertz CT molecular complexity index is 588. The zero-order valence-corrected chi connectivity index (χ0v) is 15.1. The molecule has 8 nitrogen and oxygen atoms in total. The Morgan fingerprint density at radius 3 is 2.16 bits per heavy atom. The Kier molecular flexibility index (Phi) is 5.73. The first-order valence-corrected chi connectivity index (χ1v) is 8.86. The molecule has 8 heteroatoms. The number of ether oxygens (including phenoxy) is 2. The zero-order valence-electron chi connectivity index (χ0n) is 15.1. The first kappa shape index (κ1) is 18.3. The molecule has 2 aliphatic heterocycles. The van der Waals surface area contributed by atoms with Crippen molar-refractivity contribution in [3.63, 3.8) is 0 Å². The minimum Gasteiger partial charge on any atom is -0.394 e. The average molecular weight is 352 g/mol. The highest BCUT2D eigenvalue weighted by atomic mass is 16.5. The second-order valence-corrected chi connectivity index (χ2v) is 6.99. The Labute approximate surface area is 148 Å². The lowest BCUT2D eigenvalue weighted by Crippen LogP contribution is -2.50. The molecule has 1 aromatic rings. The van der Waals surface area contributed by atoms with Crippen LogP contribution in [0.15, 0.2) is 6.20 Å². The van der Waals surface area contributed by atoms with E-state index in [1.807, 2.05) is 27.0 Å². The molecule has 0 spiro atoms. The van der Waals surface area contributed by atoms with Gasteiger partial charge in [0.1, 0.15) is 5.82 Å². The normalized spacial score (nSPS) is 30.6. The van der Waals surface area contributed by atoms with E-state index in [1.54, 1.807) is 0 Å². The monoisotopic (exact) mass is 352 g/mol. The molecule has 0 amide bonds. The Hall–Kier alpha value is -1.48. The van der Waals surface area contributed by atoms with Crippen LogP contribution in [0.5, 0.6) is 0 Å². The van der Waals surface area contributed by atoms with Gasteiger partial charge < -0.3 is 29.5 Å². The number of aromatic nitrogens is 2. The van der Waals surface area contributed by atoms with Crippen LogP contribution in [-0.4, -0.2) is 84.0 Å². The lowest BCUT2D eigenvalue weighted by molar-refractivity contribution is -0.0429. The molecule has 25 heavy (non-hydrogen) atoms. The van der Waals surface area contributed by atoms with E-state index in [9.17, 15) is 10.2 Å². The SMILES string of the molecule is Cc1cnc(N2C[C@@H](CO)O[C@H](C)C2)nc1N1C[C@@H](CO)O[C@H](C)C1. The molecule has 2 aliphatic rings. The van der Waals surface area contributed by atoms with E-state index < -0.39 is 0 Å². The van der Waals surface area contributed by atoms with Crippen LogP contribution in [0.25, 0.3) is 0 Å². The Morgan fingerprint density at radius 1 is 1.00 bits per heavy atom. The van der Waals surface area contributed by atoms with Gasteiger partial charge in [0.15, 0.2) is 0 Å². The number of aliphatic hydroxyl groups is 2. The van der Waals surface area contributed by atoms with E-state index in [0.717, 1.165) is 17.9 Å². The summed E-state index contributed by atoms with van der Waals surface area (Å²) in [6.07, 6.45) is 1.45. The number of nitrogens with zero attached hydrogens (tertiary/aromatic N) is 4. The van der Waals surface area contributed by atoms with Crippen LogP contribution in [0, 0.1) is 6.92 Å². The third-order valence-corrected chi connectivity index (χ3v) is 4.57. The molecule has 0 unspecified atom stereocenters. The van der Waals surface area contributed by atoms with Gasteiger partial charge in [-0.25, -0.2) is 4.98 Å². The number of aryl methyl sites for hydroxylation is 1. The molecule has 4 atom stereocenters. The van der Waals surface area contributed by atoms with Crippen molar-refractivity contribution in [2.45, 2.75) is 45.2 Å². The highest BCUT2D eigenvalue weighted by molar-refractivity contribution is 5.50. The zero-order chi connectivity index (χ0) is 18.0. The predicted octanol–water partition coefficient (Wildman–Crippen LogP) is -0.0430. The summed E-state index contributed by atoms with van der Waals surface area (Å²) in [6, 6.07) is 0. The van der Waals surface area contributed by atoms with Crippen LogP contribution in [0.4, 0.5) is 11.8 Å². The lowest BCUT2D eigenvalue weighted by atomic mass is 10.2. The fraction of sp³-hybridized carbons (Fsp3) is 0.765. The average Bonchev–Trinajstić information content (AvgIpc) is 2.60. The van der Waals surface area contributed by atoms with E-state index in [2.05, 4.69) is 14.8 Å². The summed E-state index contributed by atoms with van der Waals surface area (Å²) < 4.78 is 11.4. The molecule has 140 valence electrons. The molecule has 0 aliphatic carbocycles. The van der Waals surface area contributed by atoms with Gasteiger partial charge in [-0.3, -0.25) is 0 Å². The summed E-state index contributed by atoms with van der Waals surface area (Å²) in [6.45, 7) is 8.56. The van der Waals surface area contributed by atoms with Crippen molar-refractivity contribution in [2.24, 2.45) is 0 Å². The van der Waals surface area contributed by atoms with Gasteiger partial charge >= 0.3 is 0 Å². The molecular formula is C17H28N4O4. The molecule has 0 radical (unpaired) electrons. The summed E-state index contributed by atoms with van der Waals surface area (Å²) >= 11 is 0. The highest BCUT2D eigenvalue weighted by Gasteiger charge is 2.29. The third kappa shape index (κ3) is 4.20. The maximum Gasteiger partial charge on any atom is 0.227 e. The van der Waals surface area contributed by atoms with Gasteiger partial charge in [0.2, 0.25) is 5.95 Å². The van der Waals surface area contributed by atoms with Crippen LogP contribution in [0.2, 0.25) is 0 Å². The lowest BCUT2D eigenvalue weighted by Gasteiger charge is -2.39. The Balaban J connectivity index is 1.83. The van der Waals surface area contributed by atoms with Crippen molar-refractivity contribution in [2.75, 3.05) is 49.2 Å². The van der Waals surface area contributed by atoms with Crippen LogP contribution in [0.1, 0.15) is 19.4 Å². The second-order valence-electron chi connectivity index (χ2n) is 6.99. The second kappa shape index (κ2) is 7.82. The summed E-state index contributed by atoms with van der Waals surface area (Å²) in [5, 5.41) is 18.9. The van der Waals surface area contributed by atoms with Crippen molar-refractivity contribution in [3.05, 3.63) is 11.8 Å². The maximum atomic E-state index is 9.46. The molecule has 0 saturated carbocycles. The molecule has 0 aromatic carbocycles. The van der Waals surface area contributed by atoms with Crippen LogP contribution in [-0.2, 0) is 9.47 Å². The highest BCUT2D eigenvalue weighted by Crippen LogP contribution is 2.25. The van der Waals surface area contributed by atoms with Crippen molar-refractivity contribution >= 4 is 11.8 Å². The first-order chi connectivity index (χ1) is 12.0. The summed E-state index contributed by atoms with van der Waals surface area (Å²) in [7, 11) is 0. The van der Waals surface area contributed by atoms with Gasteiger partial charge in [0.25, 0.3) is 0 Å². The standard InChI is InChI=1S/C17H28N4O4/c1-11-4-18-17(21-6-13(3)25-15(8-21)10-23)19-16(11)20-5-12(2)24-14(7-20)9-22/h4,12-15,22-23H,5-10H2,1-3H3/t12-,13-,14+,15+/m1/s1. The van der Waals surface area contributed by atoms with E-state index in [0.29, 0.717) is 25.6 Å². The molecule has 1 aromatic heterocycles. The molecule has 0 bridgehead atoms. The van der Waals surface area contributed by atoms with Crippen molar-refractivity contribution < 1.29 is 19.7 Å². The smallest absolute Gasteiger partial charge is 0.227 e. The number of anilines is 2. The van der Waals surface area contributed by atoms with Crippen LogP contribution in [0.3, 0.4) is 0 Å². The van der Waals surface area contributed by atoms with Crippen LogP contribution < -0.4 is 9.80 Å². The minimum atomic E-state index is -0.223. The van der Waals surface area contributed by atoms with E-state index >= 15 is 0 Å². The number of hydrogen-bond acceptors (Lipinski definition) is 8. The summed E-state index contributed by atoms with van der Waals surface area (Å²) in [5.74, 6) is 1.52. The van der Waals surface area contributed by atoms with Gasteiger partial charge in [-0.05, 0) is 20.8 Å². The summed E-state index contributed by atoms with van der Waals surface area (Å²) in [4.78, 5) is 13.5. The van der Waals surface area contributed by atoms with E-state index in [1.165, 1.54) is 0 Å². The maximum absolute atomic E-state index is 9.46. The number of hydrogen-bond donors (Lipinski definition) is 2. The van der Waals surface area contributed by atoms with Gasteiger partial charge in [-0.2, -0.15) is 4.98 Å². The fourth-order valence-electron chi connectivity index (χ4n) is 3.52. The third-order valence-electron chi connectivity index (χ3n) is 4.57. The van der Waals surface area contributed by atoms with Crippen molar-refractivity contribution in [1.82, 2.24) is 9.97 Å². The predicted molar refractivity (Wildman–Crippen MR) is 94.0 cm³/mol. The Morgan fingerprint density at radius 2 is 1.56 bits per heavy atom.